The highest BCUT2D eigenvalue weighted by molar-refractivity contribution is 5.59. The van der Waals surface area contributed by atoms with E-state index in [2.05, 4.69) is 16.3 Å². The largest absolute Gasteiger partial charge is 0.274 e. The summed E-state index contributed by atoms with van der Waals surface area (Å²) in [5.41, 5.74) is 2.10. The maximum absolute atomic E-state index is 3.96. The minimum Gasteiger partial charge on any atom is -0.274 e. The molecule has 0 bridgehead atoms. The molecule has 2 aromatic rings. The molecule has 0 N–H and O–H groups in total. The zero-order valence-electron chi connectivity index (χ0n) is 6.73. The van der Waals surface area contributed by atoms with Gasteiger partial charge in [-0.2, -0.15) is 5.10 Å². The Balaban J connectivity index is 2.45. The van der Waals surface area contributed by atoms with E-state index in [4.69, 9.17) is 0 Å². The molecule has 0 saturated heterocycles. The fourth-order valence-electron chi connectivity index (χ4n) is 1.05. The lowest BCUT2D eigenvalue weighted by Crippen LogP contribution is -1.84. The maximum Gasteiger partial charge on any atom is 0.121 e. The molecule has 2 rings (SSSR count). The molecule has 2 aromatic heterocycles. The summed E-state index contributed by atoms with van der Waals surface area (Å²) in [7, 11) is 1.88. The molecule has 0 saturated carbocycles. The Morgan fingerprint density at radius 2 is 2.08 bits per heavy atom. The Bertz CT molecular complexity index is 364. The lowest BCUT2D eigenvalue weighted by molar-refractivity contribution is 0.765. The van der Waals surface area contributed by atoms with Gasteiger partial charge in [-0.05, 0) is 17.7 Å². The average molecular weight is 158 g/mol. The van der Waals surface area contributed by atoms with E-state index in [1.54, 1.807) is 17.1 Å². The van der Waals surface area contributed by atoms with Crippen molar-refractivity contribution in [2.75, 3.05) is 0 Å². The maximum atomic E-state index is 3.96. The quantitative estimate of drug-likeness (QED) is 0.626. The zero-order chi connectivity index (χ0) is 8.39. The van der Waals surface area contributed by atoms with Gasteiger partial charge in [0.15, 0.2) is 0 Å². The van der Waals surface area contributed by atoms with Crippen molar-refractivity contribution in [2.45, 2.75) is 0 Å². The van der Waals surface area contributed by atoms with Crippen molar-refractivity contribution in [1.29, 1.82) is 0 Å². The van der Waals surface area contributed by atoms with E-state index < -0.39 is 0 Å². The van der Waals surface area contributed by atoms with Gasteiger partial charge in [-0.1, -0.05) is 0 Å². The molecule has 0 unspecified atom stereocenters. The van der Waals surface area contributed by atoms with Crippen molar-refractivity contribution in [1.82, 2.24) is 14.8 Å². The summed E-state index contributed by atoms with van der Waals surface area (Å²) in [5.74, 6) is 0. The van der Waals surface area contributed by atoms with E-state index in [0.29, 0.717) is 0 Å². The molecule has 0 spiro atoms. The van der Waals surface area contributed by atoms with Crippen LogP contribution in [0.25, 0.3) is 11.1 Å². The highest BCUT2D eigenvalue weighted by atomic mass is 15.2. The molecule has 0 aliphatic carbocycles. The molecular formula is C9H8N3. The molecule has 0 aromatic carbocycles. The second-order valence-corrected chi connectivity index (χ2v) is 2.56. The minimum absolute atomic E-state index is 1.000. The van der Waals surface area contributed by atoms with Crippen LogP contribution in [0.2, 0.25) is 0 Å². The number of nitrogens with zero attached hydrogens (tertiary/aromatic N) is 3. The molecular weight excluding hydrogens is 150 g/mol. The van der Waals surface area contributed by atoms with Crippen molar-refractivity contribution >= 4 is 0 Å². The zero-order valence-corrected chi connectivity index (χ0v) is 6.73. The molecule has 59 valence electrons. The van der Waals surface area contributed by atoms with Crippen LogP contribution in [0.4, 0.5) is 0 Å². The molecule has 3 heteroatoms. The minimum atomic E-state index is 1.000. The van der Waals surface area contributed by atoms with Crippen LogP contribution in [0.1, 0.15) is 0 Å². The number of aryl methyl sites for hydroxylation is 1. The van der Waals surface area contributed by atoms with E-state index in [9.17, 15) is 0 Å². The molecule has 2 heterocycles. The molecule has 0 amide bonds. The number of hydrogen-bond donors (Lipinski definition) is 0. The van der Waals surface area contributed by atoms with Gasteiger partial charge in [0.25, 0.3) is 0 Å². The van der Waals surface area contributed by atoms with Crippen LogP contribution < -0.4 is 0 Å². The Kier molecular flexibility index (Phi) is 1.63. The van der Waals surface area contributed by atoms with Crippen LogP contribution in [0.5, 0.6) is 0 Å². The van der Waals surface area contributed by atoms with Gasteiger partial charge in [-0.25, -0.2) is 0 Å². The Morgan fingerprint density at radius 3 is 2.67 bits per heavy atom. The molecule has 0 aliphatic rings. The third kappa shape index (κ3) is 1.21. The third-order valence-corrected chi connectivity index (χ3v) is 1.64. The monoisotopic (exact) mass is 158 g/mol. The molecule has 3 nitrogen and oxygen atoms in total. The van der Waals surface area contributed by atoms with Crippen LogP contribution in [-0.4, -0.2) is 14.8 Å². The fourth-order valence-corrected chi connectivity index (χ4v) is 1.05. The molecule has 0 fully saturated rings. The first-order valence-electron chi connectivity index (χ1n) is 3.68. The smallest absolute Gasteiger partial charge is 0.121 e. The first-order chi connectivity index (χ1) is 5.86. The van der Waals surface area contributed by atoms with Crippen molar-refractivity contribution in [3.8, 4) is 11.1 Å². The van der Waals surface area contributed by atoms with Crippen LogP contribution in [0.15, 0.2) is 30.7 Å². The van der Waals surface area contributed by atoms with Gasteiger partial charge in [0.05, 0.1) is 0 Å². The number of aromatic nitrogens is 3. The van der Waals surface area contributed by atoms with Gasteiger partial charge < -0.3 is 0 Å². The fraction of sp³-hybridized carbons (Fsp3) is 0.111. The van der Waals surface area contributed by atoms with Gasteiger partial charge in [-0.3, -0.25) is 9.67 Å². The summed E-state index contributed by atoms with van der Waals surface area (Å²) in [6.45, 7) is 0. The van der Waals surface area contributed by atoms with Crippen molar-refractivity contribution in [2.24, 2.45) is 7.05 Å². The van der Waals surface area contributed by atoms with Crippen molar-refractivity contribution in [3.63, 3.8) is 0 Å². The summed E-state index contributed by atoms with van der Waals surface area (Å²) in [4.78, 5) is 3.94. The van der Waals surface area contributed by atoms with E-state index >= 15 is 0 Å². The standard InChI is InChI=1S/C9H8N3/c1-12-7-9(6-11-12)8-2-4-10-5-3-8/h2-5,7H,1H3. The summed E-state index contributed by atoms with van der Waals surface area (Å²) in [6, 6.07) is 3.88. The van der Waals surface area contributed by atoms with Gasteiger partial charge in [0, 0.05) is 31.2 Å². The third-order valence-electron chi connectivity index (χ3n) is 1.64. The van der Waals surface area contributed by atoms with Gasteiger partial charge in [-0.15, -0.1) is 0 Å². The first kappa shape index (κ1) is 7.03. The SMILES string of the molecule is Cn1cc(-c2ccncc2)[c]n1. The lowest BCUT2D eigenvalue weighted by Gasteiger charge is -1.92. The molecule has 1 radical (unpaired) electrons. The summed E-state index contributed by atoms with van der Waals surface area (Å²) >= 11 is 0. The highest BCUT2D eigenvalue weighted by Gasteiger charge is 1.98. The predicted octanol–water partition coefficient (Wildman–Crippen LogP) is 1.28. The molecule has 0 aliphatic heterocycles. The van der Waals surface area contributed by atoms with Gasteiger partial charge in [0.1, 0.15) is 6.20 Å². The van der Waals surface area contributed by atoms with Crippen LogP contribution in [-0.2, 0) is 7.05 Å². The van der Waals surface area contributed by atoms with E-state index in [-0.39, 0.29) is 0 Å². The summed E-state index contributed by atoms with van der Waals surface area (Å²) in [5, 5.41) is 3.96. The van der Waals surface area contributed by atoms with Crippen LogP contribution in [0.3, 0.4) is 0 Å². The second-order valence-electron chi connectivity index (χ2n) is 2.56. The van der Waals surface area contributed by atoms with Gasteiger partial charge >= 0.3 is 0 Å². The lowest BCUT2D eigenvalue weighted by atomic mass is 10.2. The second kappa shape index (κ2) is 2.77. The van der Waals surface area contributed by atoms with Crippen molar-refractivity contribution in [3.05, 3.63) is 36.9 Å². The molecule has 0 atom stereocenters. The number of pyridine rings is 1. The van der Waals surface area contributed by atoms with Gasteiger partial charge in [0.2, 0.25) is 0 Å². The first-order valence-corrected chi connectivity index (χ1v) is 3.68. The molecule has 12 heavy (non-hydrogen) atoms. The van der Waals surface area contributed by atoms with Crippen molar-refractivity contribution < 1.29 is 0 Å². The van der Waals surface area contributed by atoms with Crippen LogP contribution >= 0.6 is 0 Å². The van der Waals surface area contributed by atoms with Crippen LogP contribution in [0, 0.1) is 6.20 Å². The van der Waals surface area contributed by atoms with E-state index in [1.807, 2.05) is 25.4 Å². The number of hydrogen-bond acceptors (Lipinski definition) is 2. The summed E-state index contributed by atoms with van der Waals surface area (Å²) in [6.07, 6.45) is 8.35. The Morgan fingerprint density at radius 1 is 1.33 bits per heavy atom. The highest BCUT2D eigenvalue weighted by Crippen LogP contribution is 2.15. The Hall–Kier alpha value is -1.64. The van der Waals surface area contributed by atoms with E-state index in [0.717, 1.165) is 11.1 Å². The average Bonchev–Trinajstić information content (AvgIpc) is 2.54. The van der Waals surface area contributed by atoms with E-state index in [1.165, 1.54) is 0 Å². The Labute approximate surface area is 70.7 Å². The number of rotatable bonds is 1. The normalized spacial score (nSPS) is 10.1. The summed E-state index contributed by atoms with van der Waals surface area (Å²) < 4.78 is 1.73. The topological polar surface area (TPSA) is 30.7 Å². The predicted molar refractivity (Wildman–Crippen MR) is 45.3 cm³/mol.